The Morgan fingerprint density at radius 3 is 2.45 bits per heavy atom. The van der Waals surface area contributed by atoms with E-state index in [1.807, 2.05) is 4.90 Å². The van der Waals surface area contributed by atoms with Crippen LogP contribution in [-0.4, -0.2) is 42.7 Å². The summed E-state index contributed by atoms with van der Waals surface area (Å²) in [5, 5.41) is 2.39. The van der Waals surface area contributed by atoms with Crippen LogP contribution in [0.25, 0.3) is 0 Å². The van der Waals surface area contributed by atoms with Crippen molar-refractivity contribution in [3.63, 3.8) is 0 Å². The number of anilines is 3. The molecule has 1 aliphatic heterocycles. The second-order valence-corrected chi connectivity index (χ2v) is 11.0. The summed E-state index contributed by atoms with van der Waals surface area (Å²) in [7, 11) is -4.37. The first kappa shape index (κ1) is 27.2. The number of aromatic nitrogens is 2. The number of sulfonamides is 1. The molecule has 4 rings (SSSR count). The maximum Gasteiger partial charge on any atom is 0.573 e. The molecule has 0 aliphatic carbocycles. The molecular weight excluding hydrogens is 523 g/mol. The molecule has 3 aromatic rings. The molecule has 38 heavy (non-hydrogen) atoms. The zero-order chi connectivity index (χ0) is 27.7. The van der Waals surface area contributed by atoms with E-state index < -0.39 is 33.1 Å². The third-order valence-electron chi connectivity index (χ3n) is 6.56. The first-order chi connectivity index (χ1) is 17.8. The molecule has 0 spiro atoms. The highest BCUT2D eigenvalue weighted by molar-refractivity contribution is 7.90. The van der Waals surface area contributed by atoms with Gasteiger partial charge < -0.3 is 15.0 Å². The van der Waals surface area contributed by atoms with Gasteiger partial charge in [-0.1, -0.05) is 13.0 Å². The van der Waals surface area contributed by atoms with Gasteiger partial charge in [0.1, 0.15) is 17.4 Å². The molecule has 0 bridgehead atoms. The van der Waals surface area contributed by atoms with Crippen LogP contribution in [0.3, 0.4) is 0 Å². The standard InChI is InChI=1S/C25H26F3N5O4S/c1-16-13-15-33(24(16,2)3)22-19(6-5-14-29-22)23(34)32-38(35,36)21-8-4-7-20(31-21)30-17-9-11-18(12-10-17)37-25(26,27)28/h4-12,14,16H,13,15H2,1-3H3,(H,30,31)(H,32,34). The van der Waals surface area contributed by atoms with E-state index in [0.717, 1.165) is 18.6 Å². The van der Waals surface area contributed by atoms with Gasteiger partial charge in [0, 0.05) is 24.0 Å². The quantitative estimate of drug-likeness (QED) is 0.430. The predicted molar refractivity (Wildman–Crippen MR) is 135 cm³/mol. The number of ether oxygens (including phenoxy) is 1. The zero-order valence-electron chi connectivity index (χ0n) is 20.8. The Hall–Kier alpha value is -3.87. The Bertz CT molecular complexity index is 1430. The molecule has 202 valence electrons. The van der Waals surface area contributed by atoms with Gasteiger partial charge in [-0.2, -0.15) is 8.42 Å². The normalized spacial score (nSPS) is 17.2. The van der Waals surface area contributed by atoms with E-state index in [1.54, 1.807) is 12.3 Å². The summed E-state index contributed by atoms with van der Waals surface area (Å²) < 4.78 is 69.0. The Morgan fingerprint density at radius 2 is 1.82 bits per heavy atom. The second-order valence-electron chi connectivity index (χ2n) is 9.36. The average Bonchev–Trinajstić information content (AvgIpc) is 3.11. The molecule has 1 atom stereocenters. The van der Waals surface area contributed by atoms with Gasteiger partial charge in [0.2, 0.25) is 0 Å². The number of halogens is 3. The van der Waals surface area contributed by atoms with Crippen molar-refractivity contribution in [3.05, 3.63) is 66.4 Å². The third-order valence-corrected chi connectivity index (χ3v) is 7.79. The number of benzene rings is 1. The monoisotopic (exact) mass is 549 g/mol. The minimum Gasteiger partial charge on any atom is -0.406 e. The molecule has 0 radical (unpaired) electrons. The van der Waals surface area contributed by atoms with Crippen molar-refractivity contribution in [2.75, 3.05) is 16.8 Å². The molecule has 3 heterocycles. The van der Waals surface area contributed by atoms with Crippen molar-refractivity contribution in [1.82, 2.24) is 14.7 Å². The number of amides is 1. The fraction of sp³-hybridized carbons (Fsp3) is 0.320. The van der Waals surface area contributed by atoms with Crippen molar-refractivity contribution in [1.29, 1.82) is 0 Å². The number of rotatable bonds is 7. The molecule has 1 saturated heterocycles. The minimum atomic E-state index is -4.82. The van der Waals surface area contributed by atoms with Crippen molar-refractivity contribution >= 4 is 33.3 Å². The van der Waals surface area contributed by atoms with E-state index in [1.165, 1.54) is 36.4 Å². The van der Waals surface area contributed by atoms with Crippen molar-refractivity contribution < 1.29 is 31.1 Å². The topological polar surface area (TPSA) is 114 Å². The maximum absolute atomic E-state index is 13.1. The van der Waals surface area contributed by atoms with Crippen LogP contribution < -0.4 is 19.7 Å². The number of carbonyl (C=O) groups is 1. The molecule has 2 aromatic heterocycles. The van der Waals surface area contributed by atoms with Crippen LogP contribution in [0.5, 0.6) is 5.75 Å². The van der Waals surface area contributed by atoms with Gasteiger partial charge in [0.25, 0.3) is 15.9 Å². The van der Waals surface area contributed by atoms with E-state index >= 15 is 0 Å². The zero-order valence-corrected chi connectivity index (χ0v) is 21.6. The van der Waals surface area contributed by atoms with E-state index in [4.69, 9.17) is 0 Å². The van der Waals surface area contributed by atoms with Gasteiger partial charge in [-0.05, 0) is 74.7 Å². The Labute approximate surface area is 218 Å². The van der Waals surface area contributed by atoms with Crippen LogP contribution in [0.2, 0.25) is 0 Å². The van der Waals surface area contributed by atoms with Gasteiger partial charge in [-0.3, -0.25) is 4.79 Å². The summed E-state index contributed by atoms with van der Waals surface area (Å²) in [6.07, 6.45) is -2.35. The van der Waals surface area contributed by atoms with Crippen molar-refractivity contribution in [2.24, 2.45) is 5.92 Å². The largest absolute Gasteiger partial charge is 0.573 e. The van der Waals surface area contributed by atoms with E-state index in [2.05, 4.69) is 45.5 Å². The number of nitrogens with one attached hydrogen (secondary N) is 2. The number of nitrogens with zero attached hydrogens (tertiary/aromatic N) is 3. The van der Waals surface area contributed by atoms with E-state index in [9.17, 15) is 26.4 Å². The molecule has 1 aliphatic rings. The van der Waals surface area contributed by atoms with E-state index in [-0.39, 0.29) is 16.9 Å². The van der Waals surface area contributed by atoms with Gasteiger partial charge in [0.05, 0.1) is 5.56 Å². The summed E-state index contributed by atoms with van der Waals surface area (Å²) in [5.74, 6) is -0.409. The summed E-state index contributed by atoms with van der Waals surface area (Å²) in [6, 6.07) is 12.0. The lowest BCUT2D eigenvalue weighted by Gasteiger charge is -2.36. The van der Waals surface area contributed by atoms with Gasteiger partial charge in [-0.25, -0.2) is 14.7 Å². The number of pyridine rings is 2. The Morgan fingerprint density at radius 1 is 1.11 bits per heavy atom. The summed E-state index contributed by atoms with van der Waals surface area (Å²) in [4.78, 5) is 23.6. The lowest BCUT2D eigenvalue weighted by Crippen LogP contribution is -2.43. The fourth-order valence-electron chi connectivity index (χ4n) is 4.15. The Kier molecular flexibility index (Phi) is 7.24. The summed E-state index contributed by atoms with van der Waals surface area (Å²) in [6.45, 7) is 6.90. The molecule has 1 aromatic carbocycles. The van der Waals surface area contributed by atoms with Crippen LogP contribution in [0, 0.1) is 5.92 Å². The highest BCUT2D eigenvalue weighted by Gasteiger charge is 2.40. The van der Waals surface area contributed by atoms with Crippen LogP contribution in [0.4, 0.5) is 30.5 Å². The lowest BCUT2D eigenvalue weighted by atomic mass is 9.90. The molecular formula is C25H26F3N5O4S. The summed E-state index contributed by atoms with van der Waals surface area (Å²) >= 11 is 0. The van der Waals surface area contributed by atoms with Gasteiger partial charge >= 0.3 is 6.36 Å². The van der Waals surface area contributed by atoms with Crippen LogP contribution in [0.15, 0.2) is 65.8 Å². The van der Waals surface area contributed by atoms with E-state index in [0.29, 0.717) is 24.0 Å². The average molecular weight is 550 g/mol. The third kappa shape index (κ3) is 5.98. The van der Waals surface area contributed by atoms with Gasteiger partial charge in [0.15, 0.2) is 5.03 Å². The molecule has 1 unspecified atom stereocenters. The predicted octanol–water partition coefficient (Wildman–Crippen LogP) is 4.86. The van der Waals surface area contributed by atoms with Gasteiger partial charge in [-0.15, -0.1) is 13.2 Å². The molecule has 13 heteroatoms. The lowest BCUT2D eigenvalue weighted by molar-refractivity contribution is -0.274. The molecule has 0 saturated carbocycles. The SMILES string of the molecule is CC1CCN(c2ncccc2C(=O)NS(=O)(=O)c2cccc(Nc3ccc(OC(F)(F)F)cc3)n2)C1(C)C. The summed E-state index contributed by atoms with van der Waals surface area (Å²) in [5.41, 5.74) is 0.183. The first-order valence-corrected chi connectivity index (χ1v) is 13.1. The molecule has 1 fully saturated rings. The first-order valence-electron chi connectivity index (χ1n) is 11.7. The fourth-order valence-corrected chi connectivity index (χ4v) is 5.08. The number of hydrogen-bond acceptors (Lipinski definition) is 8. The van der Waals surface area contributed by atoms with Crippen molar-refractivity contribution in [2.45, 2.75) is 44.1 Å². The highest BCUT2D eigenvalue weighted by Crippen LogP contribution is 2.38. The Balaban J connectivity index is 1.51. The minimum absolute atomic E-state index is 0.0969. The number of hydrogen-bond donors (Lipinski definition) is 2. The number of alkyl halides is 3. The smallest absolute Gasteiger partial charge is 0.406 e. The second kappa shape index (κ2) is 10.1. The highest BCUT2D eigenvalue weighted by atomic mass is 32.2. The molecule has 9 nitrogen and oxygen atoms in total. The molecule has 1 amide bonds. The maximum atomic E-state index is 13.1. The van der Waals surface area contributed by atoms with Crippen LogP contribution >= 0.6 is 0 Å². The number of carbonyl (C=O) groups excluding carboxylic acids is 1. The van der Waals surface area contributed by atoms with Crippen LogP contribution in [0.1, 0.15) is 37.6 Å². The van der Waals surface area contributed by atoms with Crippen LogP contribution in [-0.2, 0) is 10.0 Å². The molecule has 2 N–H and O–H groups in total. The van der Waals surface area contributed by atoms with Crippen molar-refractivity contribution in [3.8, 4) is 5.75 Å².